The summed E-state index contributed by atoms with van der Waals surface area (Å²) in [7, 11) is 0. The average molecular weight is 334 g/mol. The van der Waals surface area contributed by atoms with E-state index < -0.39 is 0 Å². The Hall–Kier alpha value is -2.88. The summed E-state index contributed by atoms with van der Waals surface area (Å²) in [6.45, 7) is 4.72. The molecule has 0 saturated carbocycles. The van der Waals surface area contributed by atoms with Crippen LogP contribution in [0.5, 0.6) is 0 Å². The number of anilines is 1. The molecule has 4 nitrogen and oxygen atoms in total. The fourth-order valence-corrected chi connectivity index (χ4v) is 3.14. The maximum atomic E-state index is 12.5. The molecule has 2 aromatic rings. The molecule has 25 heavy (non-hydrogen) atoms. The van der Waals surface area contributed by atoms with Gasteiger partial charge in [0.05, 0.1) is 0 Å². The van der Waals surface area contributed by atoms with Crippen molar-refractivity contribution in [2.24, 2.45) is 5.92 Å². The second-order valence-electron chi connectivity index (χ2n) is 6.24. The zero-order chi connectivity index (χ0) is 17.6. The van der Waals surface area contributed by atoms with E-state index in [1.807, 2.05) is 54.6 Å². The number of nitrogens with zero attached hydrogens (tertiary/aromatic N) is 1. The molecule has 2 aromatic carbocycles. The first kappa shape index (κ1) is 17.0. The summed E-state index contributed by atoms with van der Waals surface area (Å²) < 4.78 is 0. The molecule has 0 unspecified atom stereocenters. The molecule has 0 radical (unpaired) electrons. The van der Waals surface area contributed by atoms with Gasteiger partial charge >= 0.3 is 0 Å². The van der Waals surface area contributed by atoms with Crippen LogP contribution in [0.3, 0.4) is 0 Å². The number of piperidine rings is 1. The smallest absolute Gasteiger partial charge is 0.245 e. The van der Waals surface area contributed by atoms with Gasteiger partial charge in [-0.15, -0.1) is 0 Å². The number of carbonyl (C=O) groups is 2. The minimum atomic E-state index is -0.0609. The van der Waals surface area contributed by atoms with E-state index in [4.69, 9.17) is 0 Å². The molecule has 1 saturated heterocycles. The zero-order valence-electron chi connectivity index (χ0n) is 14.2. The normalized spacial score (nSPS) is 14.8. The second kappa shape index (κ2) is 7.79. The first-order valence-corrected chi connectivity index (χ1v) is 8.55. The topological polar surface area (TPSA) is 49.4 Å². The van der Waals surface area contributed by atoms with Crippen molar-refractivity contribution in [2.45, 2.75) is 12.8 Å². The van der Waals surface area contributed by atoms with Crippen molar-refractivity contribution in [2.75, 3.05) is 18.4 Å². The second-order valence-corrected chi connectivity index (χ2v) is 6.24. The van der Waals surface area contributed by atoms with Gasteiger partial charge in [0.15, 0.2) is 0 Å². The third-order valence-corrected chi connectivity index (χ3v) is 4.59. The lowest BCUT2D eigenvalue weighted by Crippen LogP contribution is -2.40. The molecule has 2 amide bonds. The minimum Gasteiger partial charge on any atom is -0.339 e. The van der Waals surface area contributed by atoms with Gasteiger partial charge in [0.1, 0.15) is 0 Å². The van der Waals surface area contributed by atoms with Crippen molar-refractivity contribution in [3.8, 4) is 11.1 Å². The van der Waals surface area contributed by atoms with E-state index in [1.165, 1.54) is 6.08 Å². The SMILES string of the molecule is C=CC(=O)N1CCC(C(=O)Nc2cccc(-c3ccccc3)c2)CC1. The third kappa shape index (κ3) is 4.15. The molecule has 0 atom stereocenters. The van der Waals surface area contributed by atoms with Gasteiger partial charge in [-0.3, -0.25) is 9.59 Å². The Balaban J connectivity index is 1.62. The highest BCUT2D eigenvalue weighted by Gasteiger charge is 2.26. The van der Waals surface area contributed by atoms with Crippen LogP contribution in [0.25, 0.3) is 11.1 Å². The highest BCUT2D eigenvalue weighted by molar-refractivity contribution is 5.93. The molecule has 1 aliphatic rings. The molecule has 3 rings (SSSR count). The molecule has 0 bridgehead atoms. The number of amides is 2. The van der Waals surface area contributed by atoms with Gasteiger partial charge in [-0.1, -0.05) is 49.0 Å². The van der Waals surface area contributed by atoms with Gasteiger partial charge in [-0.2, -0.15) is 0 Å². The predicted octanol–water partition coefficient (Wildman–Crippen LogP) is 3.72. The standard InChI is InChI=1S/C21H22N2O2/c1-2-20(24)23-13-11-17(12-14-23)21(25)22-19-10-6-9-18(15-19)16-7-4-3-5-8-16/h2-10,15,17H,1,11-14H2,(H,22,25). The van der Waals surface area contributed by atoms with Crippen LogP contribution in [0.4, 0.5) is 5.69 Å². The van der Waals surface area contributed by atoms with E-state index >= 15 is 0 Å². The van der Waals surface area contributed by atoms with E-state index in [0.717, 1.165) is 16.8 Å². The first-order chi connectivity index (χ1) is 12.2. The summed E-state index contributed by atoms with van der Waals surface area (Å²) in [5, 5.41) is 3.02. The van der Waals surface area contributed by atoms with E-state index in [2.05, 4.69) is 11.9 Å². The molecule has 128 valence electrons. The first-order valence-electron chi connectivity index (χ1n) is 8.55. The zero-order valence-corrected chi connectivity index (χ0v) is 14.2. The van der Waals surface area contributed by atoms with Crippen LogP contribution in [0.2, 0.25) is 0 Å². The van der Waals surface area contributed by atoms with Crippen LogP contribution in [0.1, 0.15) is 12.8 Å². The largest absolute Gasteiger partial charge is 0.339 e. The molecular weight excluding hydrogens is 312 g/mol. The predicted molar refractivity (Wildman–Crippen MR) is 100 cm³/mol. The van der Waals surface area contributed by atoms with E-state index in [-0.39, 0.29) is 17.7 Å². The Morgan fingerprint density at radius 1 is 1.00 bits per heavy atom. The number of likely N-dealkylation sites (tertiary alicyclic amines) is 1. The lowest BCUT2D eigenvalue weighted by molar-refractivity contribution is -0.130. The Morgan fingerprint density at radius 2 is 1.68 bits per heavy atom. The molecule has 1 aliphatic heterocycles. The number of hydrogen-bond donors (Lipinski definition) is 1. The Morgan fingerprint density at radius 3 is 2.36 bits per heavy atom. The van der Waals surface area contributed by atoms with Crippen molar-refractivity contribution in [3.63, 3.8) is 0 Å². The average Bonchev–Trinajstić information content (AvgIpc) is 2.68. The summed E-state index contributed by atoms with van der Waals surface area (Å²) in [6.07, 6.45) is 2.70. The molecule has 4 heteroatoms. The fourth-order valence-electron chi connectivity index (χ4n) is 3.14. The lowest BCUT2D eigenvalue weighted by Gasteiger charge is -2.30. The fraction of sp³-hybridized carbons (Fsp3) is 0.238. The Kier molecular flexibility index (Phi) is 5.29. The Labute approximate surface area is 148 Å². The lowest BCUT2D eigenvalue weighted by atomic mass is 9.95. The van der Waals surface area contributed by atoms with Crippen LogP contribution in [0, 0.1) is 5.92 Å². The van der Waals surface area contributed by atoms with E-state index in [9.17, 15) is 9.59 Å². The molecule has 0 aliphatic carbocycles. The van der Waals surface area contributed by atoms with Crippen molar-refractivity contribution in [1.29, 1.82) is 0 Å². The summed E-state index contributed by atoms with van der Waals surface area (Å²) in [4.78, 5) is 25.9. The molecule has 1 N–H and O–H groups in total. The van der Waals surface area contributed by atoms with Gasteiger partial charge in [-0.25, -0.2) is 0 Å². The summed E-state index contributed by atoms with van der Waals surface area (Å²) >= 11 is 0. The van der Waals surface area contributed by atoms with Crippen LogP contribution in [-0.2, 0) is 9.59 Å². The van der Waals surface area contributed by atoms with Crippen LogP contribution in [0.15, 0.2) is 67.3 Å². The molecule has 0 spiro atoms. The maximum Gasteiger partial charge on any atom is 0.245 e. The number of carbonyl (C=O) groups excluding carboxylic acids is 2. The third-order valence-electron chi connectivity index (χ3n) is 4.59. The summed E-state index contributed by atoms with van der Waals surface area (Å²) in [5.74, 6) is -0.0976. The van der Waals surface area contributed by atoms with Crippen LogP contribution in [-0.4, -0.2) is 29.8 Å². The van der Waals surface area contributed by atoms with Crippen LogP contribution >= 0.6 is 0 Å². The van der Waals surface area contributed by atoms with Crippen LogP contribution < -0.4 is 5.32 Å². The molecule has 0 aromatic heterocycles. The summed E-state index contributed by atoms with van der Waals surface area (Å²) in [6, 6.07) is 18.0. The van der Waals surface area contributed by atoms with Gasteiger partial charge in [0.25, 0.3) is 0 Å². The van der Waals surface area contributed by atoms with Gasteiger partial charge < -0.3 is 10.2 Å². The van der Waals surface area contributed by atoms with Crippen molar-refractivity contribution in [1.82, 2.24) is 4.90 Å². The minimum absolute atomic E-state index is 0.0240. The monoisotopic (exact) mass is 334 g/mol. The summed E-state index contributed by atoms with van der Waals surface area (Å²) in [5.41, 5.74) is 3.00. The van der Waals surface area contributed by atoms with E-state index in [0.29, 0.717) is 25.9 Å². The van der Waals surface area contributed by atoms with Gasteiger partial charge in [0.2, 0.25) is 11.8 Å². The van der Waals surface area contributed by atoms with E-state index in [1.54, 1.807) is 4.90 Å². The maximum absolute atomic E-state index is 12.5. The van der Waals surface area contributed by atoms with Crippen molar-refractivity contribution < 1.29 is 9.59 Å². The van der Waals surface area contributed by atoms with Gasteiger partial charge in [-0.05, 0) is 42.2 Å². The quantitative estimate of drug-likeness (QED) is 0.867. The highest BCUT2D eigenvalue weighted by atomic mass is 16.2. The number of benzene rings is 2. The molecular formula is C21H22N2O2. The molecule has 1 fully saturated rings. The number of hydrogen-bond acceptors (Lipinski definition) is 2. The molecule has 1 heterocycles. The highest BCUT2D eigenvalue weighted by Crippen LogP contribution is 2.24. The van der Waals surface area contributed by atoms with Crippen molar-refractivity contribution in [3.05, 3.63) is 67.3 Å². The number of rotatable bonds is 4. The Bertz CT molecular complexity index is 762. The number of nitrogens with one attached hydrogen (secondary N) is 1. The van der Waals surface area contributed by atoms with Gasteiger partial charge in [0, 0.05) is 24.7 Å². The van der Waals surface area contributed by atoms with Crippen molar-refractivity contribution >= 4 is 17.5 Å².